The van der Waals surface area contributed by atoms with Crippen molar-refractivity contribution in [3.05, 3.63) is 35.6 Å². The largest absolute Gasteiger partial charge is 0.343 e. The molecule has 1 saturated heterocycles. The molecule has 1 heterocycles. The number of carbonyl (C=O) groups is 2. The normalized spacial score (nSPS) is 15.4. The standard InChI is InChI=1S/C18H26FN3O2/c1-13(2)11-17(23)22-9-7-16(8-10-22)21-18(24)20-12-14-3-5-15(19)6-4-14/h3-6,13,16H,7-12H2,1-2H3,(H2,20,21,24). The van der Waals surface area contributed by atoms with Gasteiger partial charge in [0.1, 0.15) is 5.82 Å². The molecule has 0 aromatic heterocycles. The van der Waals surface area contributed by atoms with Crippen molar-refractivity contribution in [1.29, 1.82) is 0 Å². The number of piperidine rings is 1. The average Bonchev–Trinajstić information content (AvgIpc) is 2.54. The van der Waals surface area contributed by atoms with Gasteiger partial charge in [-0.2, -0.15) is 0 Å². The molecular formula is C18H26FN3O2. The first-order chi connectivity index (χ1) is 11.4. The molecule has 3 amide bonds. The predicted molar refractivity (Wildman–Crippen MR) is 90.8 cm³/mol. The molecule has 1 aliphatic rings. The first-order valence-electron chi connectivity index (χ1n) is 8.50. The highest BCUT2D eigenvalue weighted by Crippen LogP contribution is 2.13. The summed E-state index contributed by atoms with van der Waals surface area (Å²) in [6.45, 7) is 5.82. The van der Waals surface area contributed by atoms with Gasteiger partial charge in [-0.15, -0.1) is 0 Å². The highest BCUT2D eigenvalue weighted by Gasteiger charge is 2.23. The summed E-state index contributed by atoms with van der Waals surface area (Å²) in [5, 5.41) is 5.71. The van der Waals surface area contributed by atoms with E-state index in [0.717, 1.165) is 18.4 Å². The number of urea groups is 1. The summed E-state index contributed by atoms with van der Waals surface area (Å²) in [5.74, 6) is 0.275. The van der Waals surface area contributed by atoms with Crippen LogP contribution in [0, 0.1) is 11.7 Å². The van der Waals surface area contributed by atoms with Crippen molar-refractivity contribution in [3.63, 3.8) is 0 Å². The minimum atomic E-state index is -0.290. The minimum absolute atomic E-state index is 0.0846. The predicted octanol–water partition coefficient (Wildman–Crippen LogP) is 2.66. The number of carbonyl (C=O) groups excluding carboxylic acids is 2. The van der Waals surface area contributed by atoms with Crippen LogP contribution >= 0.6 is 0 Å². The Morgan fingerprint density at radius 1 is 1.21 bits per heavy atom. The number of halogens is 1. The molecule has 24 heavy (non-hydrogen) atoms. The highest BCUT2D eigenvalue weighted by molar-refractivity contribution is 5.76. The number of rotatable bonds is 5. The van der Waals surface area contributed by atoms with Crippen molar-refractivity contribution < 1.29 is 14.0 Å². The second-order valence-electron chi connectivity index (χ2n) is 6.71. The van der Waals surface area contributed by atoms with Crippen LogP contribution in [0.15, 0.2) is 24.3 Å². The molecule has 1 fully saturated rings. The fraction of sp³-hybridized carbons (Fsp3) is 0.556. The SMILES string of the molecule is CC(C)CC(=O)N1CCC(NC(=O)NCc2ccc(F)cc2)CC1. The van der Waals surface area contributed by atoms with Gasteiger partial charge in [0.2, 0.25) is 5.91 Å². The third-order valence-electron chi connectivity index (χ3n) is 4.13. The summed E-state index contributed by atoms with van der Waals surface area (Å²) in [6.07, 6.45) is 2.12. The Bertz CT molecular complexity index is 552. The van der Waals surface area contributed by atoms with Gasteiger partial charge < -0.3 is 15.5 Å². The van der Waals surface area contributed by atoms with Crippen LogP contribution in [0.4, 0.5) is 9.18 Å². The molecule has 1 aromatic carbocycles. The van der Waals surface area contributed by atoms with E-state index >= 15 is 0 Å². The van der Waals surface area contributed by atoms with E-state index in [1.54, 1.807) is 12.1 Å². The molecular weight excluding hydrogens is 309 g/mol. The molecule has 5 nitrogen and oxygen atoms in total. The van der Waals surface area contributed by atoms with Crippen molar-refractivity contribution in [1.82, 2.24) is 15.5 Å². The van der Waals surface area contributed by atoms with Gasteiger partial charge in [-0.05, 0) is 36.5 Å². The van der Waals surface area contributed by atoms with Crippen molar-refractivity contribution in [2.24, 2.45) is 5.92 Å². The lowest BCUT2D eigenvalue weighted by molar-refractivity contribution is -0.133. The zero-order chi connectivity index (χ0) is 17.5. The first-order valence-corrected chi connectivity index (χ1v) is 8.50. The molecule has 0 unspecified atom stereocenters. The van der Waals surface area contributed by atoms with Crippen LogP contribution in [0.25, 0.3) is 0 Å². The summed E-state index contributed by atoms with van der Waals surface area (Å²) in [7, 11) is 0. The lowest BCUT2D eigenvalue weighted by Gasteiger charge is -2.32. The zero-order valence-corrected chi connectivity index (χ0v) is 14.3. The van der Waals surface area contributed by atoms with E-state index in [9.17, 15) is 14.0 Å². The number of hydrogen-bond donors (Lipinski definition) is 2. The van der Waals surface area contributed by atoms with Crippen molar-refractivity contribution in [2.75, 3.05) is 13.1 Å². The van der Waals surface area contributed by atoms with Gasteiger partial charge in [0.15, 0.2) is 0 Å². The van der Waals surface area contributed by atoms with Crippen molar-refractivity contribution >= 4 is 11.9 Å². The molecule has 132 valence electrons. The van der Waals surface area contributed by atoms with Gasteiger partial charge in [-0.3, -0.25) is 4.79 Å². The number of benzene rings is 1. The maximum absolute atomic E-state index is 12.8. The number of nitrogens with one attached hydrogen (secondary N) is 2. The second-order valence-corrected chi connectivity index (χ2v) is 6.71. The van der Waals surface area contributed by atoms with Crippen LogP contribution < -0.4 is 10.6 Å². The lowest BCUT2D eigenvalue weighted by Crippen LogP contribution is -2.49. The van der Waals surface area contributed by atoms with Crippen LogP contribution in [0.1, 0.15) is 38.7 Å². The van der Waals surface area contributed by atoms with E-state index < -0.39 is 0 Å². The number of nitrogens with zero attached hydrogens (tertiary/aromatic N) is 1. The fourth-order valence-electron chi connectivity index (χ4n) is 2.77. The Kier molecular flexibility index (Phi) is 6.58. The number of hydrogen-bond acceptors (Lipinski definition) is 2. The molecule has 0 spiro atoms. The van der Waals surface area contributed by atoms with E-state index in [4.69, 9.17) is 0 Å². The third kappa shape index (κ3) is 5.83. The monoisotopic (exact) mass is 335 g/mol. The molecule has 0 aliphatic carbocycles. The summed E-state index contributed by atoms with van der Waals surface area (Å²) in [6, 6.07) is 5.90. The van der Waals surface area contributed by atoms with E-state index in [1.807, 2.05) is 18.7 Å². The Morgan fingerprint density at radius 3 is 2.42 bits per heavy atom. The van der Waals surface area contributed by atoms with Crippen LogP contribution in [0.2, 0.25) is 0 Å². The van der Waals surface area contributed by atoms with Gasteiger partial charge in [0.05, 0.1) is 0 Å². The minimum Gasteiger partial charge on any atom is -0.343 e. The van der Waals surface area contributed by atoms with E-state index in [2.05, 4.69) is 10.6 Å². The zero-order valence-electron chi connectivity index (χ0n) is 14.3. The van der Waals surface area contributed by atoms with Crippen molar-refractivity contribution in [3.8, 4) is 0 Å². The van der Waals surface area contributed by atoms with Gasteiger partial charge in [0, 0.05) is 32.1 Å². The van der Waals surface area contributed by atoms with E-state index in [-0.39, 0.29) is 23.8 Å². The number of likely N-dealkylation sites (tertiary alicyclic amines) is 1. The molecule has 0 radical (unpaired) electrons. The molecule has 0 saturated carbocycles. The van der Waals surface area contributed by atoms with Gasteiger partial charge >= 0.3 is 6.03 Å². The third-order valence-corrected chi connectivity index (χ3v) is 4.13. The van der Waals surface area contributed by atoms with Gasteiger partial charge in [0.25, 0.3) is 0 Å². The first kappa shape index (κ1) is 18.2. The summed E-state index contributed by atoms with van der Waals surface area (Å²) in [5.41, 5.74) is 0.848. The Morgan fingerprint density at radius 2 is 1.83 bits per heavy atom. The molecule has 2 N–H and O–H groups in total. The summed E-state index contributed by atoms with van der Waals surface area (Å²) in [4.78, 5) is 25.8. The van der Waals surface area contributed by atoms with Gasteiger partial charge in [-0.1, -0.05) is 26.0 Å². The summed E-state index contributed by atoms with van der Waals surface area (Å²) >= 11 is 0. The molecule has 2 rings (SSSR count). The summed E-state index contributed by atoms with van der Waals surface area (Å²) < 4.78 is 12.8. The molecule has 6 heteroatoms. The quantitative estimate of drug-likeness (QED) is 0.869. The Labute approximate surface area is 142 Å². The molecule has 1 aliphatic heterocycles. The topological polar surface area (TPSA) is 61.4 Å². The molecule has 0 atom stereocenters. The van der Waals surface area contributed by atoms with E-state index in [0.29, 0.717) is 32.0 Å². The maximum Gasteiger partial charge on any atom is 0.315 e. The van der Waals surface area contributed by atoms with Crippen LogP contribution in [-0.2, 0) is 11.3 Å². The highest BCUT2D eigenvalue weighted by atomic mass is 19.1. The Balaban J connectivity index is 1.68. The fourth-order valence-corrected chi connectivity index (χ4v) is 2.77. The smallest absolute Gasteiger partial charge is 0.315 e. The molecule has 1 aromatic rings. The lowest BCUT2D eigenvalue weighted by atomic mass is 10.0. The maximum atomic E-state index is 12.8. The van der Waals surface area contributed by atoms with Gasteiger partial charge in [-0.25, -0.2) is 9.18 Å². The average molecular weight is 335 g/mol. The number of amides is 3. The second kappa shape index (κ2) is 8.66. The Hall–Kier alpha value is -2.11. The van der Waals surface area contributed by atoms with Crippen LogP contribution in [0.3, 0.4) is 0 Å². The van der Waals surface area contributed by atoms with E-state index in [1.165, 1.54) is 12.1 Å². The van der Waals surface area contributed by atoms with Crippen LogP contribution in [0.5, 0.6) is 0 Å². The molecule has 0 bridgehead atoms. The van der Waals surface area contributed by atoms with Crippen molar-refractivity contribution in [2.45, 2.75) is 45.7 Å². The van der Waals surface area contributed by atoms with Crippen LogP contribution in [-0.4, -0.2) is 36.0 Å².